The fourth-order valence-corrected chi connectivity index (χ4v) is 3.96. The Morgan fingerprint density at radius 1 is 1.26 bits per heavy atom. The zero-order valence-corrected chi connectivity index (χ0v) is 13.8. The zero-order chi connectivity index (χ0) is 14.1. The lowest BCUT2D eigenvalue weighted by Gasteiger charge is -2.51. The van der Waals surface area contributed by atoms with Gasteiger partial charge in [-0.3, -0.25) is 4.90 Å². The van der Waals surface area contributed by atoms with Gasteiger partial charge in [-0.2, -0.15) is 0 Å². The fourth-order valence-electron chi connectivity index (χ4n) is 3.96. The van der Waals surface area contributed by atoms with Crippen molar-refractivity contribution >= 4 is 0 Å². The van der Waals surface area contributed by atoms with Gasteiger partial charge in [-0.25, -0.2) is 0 Å². The number of nitrogens with one attached hydrogen (secondary N) is 1. The van der Waals surface area contributed by atoms with E-state index in [1.165, 1.54) is 51.7 Å². The van der Waals surface area contributed by atoms with Crippen LogP contribution in [-0.2, 0) is 0 Å². The first-order valence-corrected chi connectivity index (χ1v) is 8.35. The largest absolute Gasteiger partial charge is 0.308 e. The first-order valence-electron chi connectivity index (χ1n) is 8.35. The minimum absolute atomic E-state index is 0.376. The van der Waals surface area contributed by atoms with E-state index in [0.29, 0.717) is 17.0 Å². The van der Waals surface area contributed by atoms with Crippen molar-refractivity contribution in [2.45, 2.75) is 78.3 Å². The van der Waals surface area contributed by atoms with Crippen LogP contribution in [0, 0.1) is 11.3 Å². The first-order chi connectivity index (χ1) is 8.86. The molecule has 1 saturated heterocycles. The average molecular weight is 266 g/mol. The van der Waals surface area contributed by atoms with Gasteiger partial charge in [0.1, 0.15) is 0 Å². The third-order valence-corrected chi connectivity index (χ3v) is 5.42. The van der Waals surface area contributed by atoms with Crippen LogP contribution in [0.3, 0.4) is 0 Å². The van der Waals surface area contributed by atoms with Gasteiger partial charge in [0.2, 0.25) is 0 Å². The Bertz CT molecular complexity index is 286. The molecule has 0 amide bonds. The Labute approximate surface area is 120 Å². The number of rotatable bonds is 3. The van der Waals surface area contributed by atoms with Crippen molar-refractivity contribution in [2.24, 2.45) is 11.3 Å². The molecule has 2 rings (SSSR count). The van der Waals surface area contributed by atoms with Crippen molar-refractivity contribution in [1.82, 2.24) is 10.2 Å². The molecule has 2 fully saturated rings. The Morgan fingerprint density at radius 2 is 1.89 bits per heavy atom. The highest BCUT2D eigenvalue weighted by atomic mass is 15.3. The van der Waals surface area contributed by atoms with Gasteiger partial charge in [0.15, 0.2) is 0 Å². The summed E-state index contributed by atoms with van der Waals surface area (Å²) >= 11 is 0. The van der Waals surface area contributed by atoms with Crippen molar-refractivity contribution < 1.29 is 0 Å². The molecule has 0 aromatic carbocycles. The monoisotopic (exact) mass is 266 g/mol. The fraction of sp³-hybridized carbons (Fsp3) is 1.00. The second kappa shape index (κ2) is 5.73. The summed E-state index contributed by atoms with van der Waals surface area (Å²) < 4.78 is 0. The molecule has 2 heteroatoms. The molecule has 0 aromatic rings. The molecular formula is C17H34N2. The van der Waals surface area contributed by atoms with Gasteiger partial charge in [-0.15, -0.1) is 0 Å². The van der Waals surface area contributed by atoms with Crippen molar-refractivity contribution in [3.8, 4) is 0 Å². The van der Waals surface area contributed by atoms with Gasteiger partial charge >= 0.3 is 0 Å². The molecule has 0 bridgehead atoms. The Morgan fingerprint density at radius 3 is 2.42 bits per heavy atom. The normalized spacial score (nSPS) is 29.8. The molecule has 1 aliphatic heterocycles. The molecule has 1 heterocycles. The molecule has 0 radical (unpaired) electrons. The number of nitrogens with zero attached hydrogens (tertiary/aromatic N) is 1. The summed E-state index contributed by atoms with van der Waals surface area (Å²) in [6, 6.07) is 0.688. The molecule has 1 aliphatic carbocycles. The highest BCUT2D eigenvalue weighted by Crippen LogP contribution is 2.37. The first kappa shape index (κ1) is 15.3. The lowest BCUT2D eigenvalue weighted by Crippen LogP contribution is -2.66. The number of hydrogen-bond donors (Lipinski definition) is 1. The summed E-state index contributed by atoms with van der Waals surface area (Å²) in [6.45, 7) is 15.7. The lowest BCUT2D eigenvalue weighted by molar-refractivity contribution is 0.0144. The molecule has 1 saturated carbocycles. The summed E-state index contributed by atoms with van der Waals surface area (Å²) in [5.74, 6) is 0.821. The molecule has 112 valence electrons. The maximum Gasteiger partial charge on any atom is 0.0309 e. The Balaban J connectivity index is 2.09. The van der Waals surface area contributed by atoms with E-state index in [0.717, 1.165) is 5.92 Å². The van der Waals surface area contributed by atoms with Gasteiger partial charge in [0.25, 0.3) is 0 Å². The molecule has 19 heavy (non-hydrogen) atoms. The minimum atomic E-state index is 0.376. The van der Waals surface area contributed by atoms with Gasteiger partial charge in [0, 0.05) is 31.2 Å². The van der Waals surface area contributed by atoms with Gasteiger partial charge in [-0.05, 0) is 24.2 Å². The summed E-state index contributed by atoms with van der Waals surface area (Å²) in [5, 5.41) is 3.93. The van der Waals surface area contributed by atoms with Gasteiger partial charge in [-0.1, -0.05) is 53.9 Å². The summed E-state index contributed by atoms with van der Waals surface area (Å²) in [4.78, 5) is 2.82. The van der Waals surface area contributed by atoms with Crippen LogP contribution in [0.25, 0.3) is 0 Å². The maximum atomic E-state index is 3.93. The molecule has 1 N–H and O–H groups in total. The van der Waals surface area contributed by atoms with Crippen LogP contribution >= 0.6 is 0 Å². The van der Waals surface area contributed by atoms with Crippen LogP contribution in [0.4, 0.5) is 0 Å². The predicted molar refractivity (Wildman–Crippen MR) is 83.5 cm³/mol. The third-order valence-electron chi connectivity index (χ3n) is 5.42. The third kappa shape index (κ3) is 3.52. The highest BCUT2D eigenvalue weighted by Gasteiger charge is 2.44. The van der Waals surface area contributed by atoms with E-state index in [2.05, 4.69) is 44.8 Å². The van der Waals surface area contributed by atoms with E-state index in [1.807, 2.05) is 0 Å². The van der Waals surface area contributed by atoms with Crippen molar-refractivity contribution in [3.63, 3.8) is 0 Å². The van der Waals surface area contributed by atoms with Gasteiger partial charge < -0.3 is 5.32 Å². The standard InChI is InChI=1S/C17H34N2/c1-6-14(2)12-19-13-17(9-7-8-10-17)18-11-15(19)16(3,4)5/h14-15,18H,6-13H2,1-5H3. The van der Waals surface area contributed by atoms with Crippen LogP contribution in [0.15, 0.2) is 0 Å². The minimum Gasteiger partial charge on any atom is -0.308 e. The molecular weight excluding hydrogens is 232 g/mol. The van der Waals surface area contributed by atoms with Gasteiger partial charge in [0.05, 0.1) is 0 Å². The van der Waals surface area contributed by atoms with Crippen molar-refractivity contribution in [1.29, 1.82) is 0 Å². The number of piperazine rings is 1. The van der Waals surface area contributed by atoms with Crippen LogP contribution in [-0.4, -0.2) is 36.1 Å². The Hall–Kier alpha value is -0.0800. The quantitative estimate of drug-likeness (QED) is 0.838. The molecule has 2 atom stereocenters. The second-order valence-corrected chi connectivity index (χ2v) is 8.19. The SMILES string of the molecule is CCC(C)CN1CC2(CCCC2)NCC1C(C)(C)C. The summed E-state index contributed by atoms with van der Waals surface area (Å²) in [7, 11) is 0. The summed E-state index contributed by atoms with van der Waals surface area (Å²) in [5.41, 5.74) is 0.829. The molecule has 2 aliphatic rings. The summed E-state index contributed by atoms with van der Waals surface area (Å²) in [6.07, 6.45) is 6.92. The molecule has 0 aromatic heterocycles. The molecule has 1 spiro atoms. The second-order valence-electron chi connectivity index (χ2n) is 8.19. The van der Waals surface area contributed by atoms with E-state index >= 15 is 0 Å². The van der Waals surface area contributed by atoms with Crippen LogP contribution in [0.5, 0.6) is 0 Å². The van der Waals surface area contributed by atoms with E-state index < -0.39 is 0 Å². The molecule has 2 unspecified atom stereocenters. The van der Waals surface area contributed by atoms with Crippen molar-refractivity contribution in [2.75, 3.05) is 19.6 Å². The lowest BCUT2D eigenvalue weighted by atomic mass is 9.80. The van der Waals surface area contributed by atoms with Crippen LogP contribution in [0.1, 0.15) is 66.7 Å². The maximum absolute atomic E-state index is 3.93. The predicted octanol–water partition coefficient (Wildman–Crippen LogP) is 3.67. The van der Waals surface area contributed by atoms with Crippen LogP contribution < -0.4 is 5.32 Å². The Kier molecular flexibility index (Phi) is 4.62. The number of hydrogen-bond acceptors (Lipinski definition) is 2. The van der Waals surface area contributed by atoms with Crippen molar-refractivity contribution in [3.05, 3.63) is 0 Å². The average Bonchev–Trinajstić information content (AvgIpc) is 2.75. The van der Waals surface area contributed by atoms with E-state index in [1.54, 1.807) is 0 Å². The molecule has 2 nitrogen and oxygen atoms in total. The van der Waals surface area contributed by atoms with Crippen LogP contribution in [0.2, 0.25) is 0 Å². The van der Waals surface area contributed by atoms with E-state index in [-0.39, 0.29) is 0 Å². The highest BCUT2D eigenvalue weighted by molar-refractivity contribution is 5.03. The smallest absolute Gasteiger partial charge is 0.0309 e. The zero-order valence-electron chi connectivity index (χ0n) is 13.8. The topological polar surface area (TPSA) is 15.3 Å². The van der Waals surface area contributed by atoms with E-state index in [9.17, 15) is 0 Å². The van der Waals surface area contributed by atoms with E-state index in [4.69, 9.17) is 0 Å².